The van der Waals surface area contributed by atoms with E-state index >= 15 is 0 Å². The Morgan fingerprint density at radius 3 is 2.29 bits per heavy atom. The third-order valence-electron chi connectivity index (χ3n) is 2.67. The fraction of sp³-hybridized carbons (Fsp3) is 0.462. The minimum Gasteiger partial charge on any atom is -0.374 e. The normalized spacial score (nSPS) is 12.0. The molecule has 1 rings (SSSR count). The first kappa shape index (κ1) is 14.3. The molecule has 1 unspecified atom stereocenters. The molecule has 1 atom stereocenters. The number of rotatable bonds is 5. The van der Waals surface area contributed by atoms with Crippen molar-refractivity contribution in [2.24, 2.45) is 0 Å². The summed E-state index contributed by atoms with van der Waals surface area (Å²) in [6, 6.07) is 7.85. The Balaban J connectivity index is 2.62. The fourth-order valence-corrected chi connectivity index (χ4v) is 2.03. The second kappa shape index (κ2) is 6.83. The van der Waals surface area contributed by atoms with Crippen molar-refractivity contribution >= 4 is 34.2 Å². The summed E-state index contributed by atoms with van der Waals surface area (Å²) >= 11 is 2.26. The Morgan fingerprint density at radius 1 is 1.29 bits per heavy atom. The highest BCUT2D eigenvalue weighted by molar-refractivity contribution is 14.1. The van der Waals surface area contributed by atoms with Gasteiger partial charge >= 0.3 is 0 Å². The first-order valence-electron chi connectivity index (χ1n) is 5.89. The van der Waals surface area contributed by atoms with Gasteiger partial charge in [0.05, 0.1) is 0 Å². The van der Waals surface area contributed by atoms with Crippen LogP contribution in [-0.4, -0.2) is 29.9 Å². The van der Waals surface area contributed by atoms with E-state index in [1.165, 1.54) is 3.57 Å². The lowest BCUT2D eigenvalue weighted by atomic mass is 10.2. The molecule has 0 saturated heterocycles. The largest absolute Gasteiger partial charge is 0.374 e. The summed E-state index contributed by atoms with van der Waals surface area (Å²) in [4.78, 5) is 13.9. The lowest BCUT2D eigenvalue weighted by molar-refractivity contribution is -0.131. The zero-order valence-electron chi connectivity index (χ0n) is 10.5. The zero-order valence-corrected chi connectivity index (χ0v) is 12.7. The number of nitrogens with one attached hydrogen (secondary N) is 1. The van der Waals surface area contributed by atoms with Crippen LogP contribution in [0.25, 0.3) is 0 Å². The first-order chi connectivity index (χ1) is 8.08. The minimum absolute atomic E-state index is 0.147. The zero-order chi connectivity index (χ0) is 12.8. The second-order valence-electron chi connectivity index (χ2n) is 3.88. The van der Waals surface area contributed by atoms with Crippen molar-refractivity contribution in [3.63, 3.8) is 0 Å². The maximum Gasteiger partial charge on any atom is 0.244 e. The van der Waals surface area contributed by atoms with Gasteiger partial charge in [-0.1, -0.05) is 0 Å². The molecule has 0 aromatic heterocycles. The SMILES string of the molecule is CCN(CC)C(=O)C(C)Nc1ccc(I)cc1. The van der Waals surface area contributed by atoms with Crippen molar-refractivity contribution in [3.8, 4) is 0 Å². The summed E-state index contributed by atoms with van der Waals surface area (Å²) in [5.74, 6) is 0.147. The van der Waals surface area contributed by atoms with Crippen molar-refractivity contribution in [1.29, 1.82) is 0 Å². The van der Waals surface area contributed by atoms with Crippen LogP contribution in [0.4, 0.5) is 5.69 Å². The molecule has 1 amide bonds. The minimum atomic E-state index is -0.185. The first-order valence-corrected chi connectivity index (χ1v) is 6.97. The number of hydrogen-bond acceptors (Lipinski definition) is 2. The highest BCUT2D eigenvalue weighted by Gasteiger charge is 2.17. The molecule has 0 saturated carbocycles. The van der Waals surface area contributed by atoms with E-state index < -0.39 is 0 Å². The molecule has 0 radical (unpaired) electrons. The van der Waals surface area contributed by atoms with Crippen LogP contribution in [0, 0.1) is 3.57 Å². The van der Waals surface area contributed by atoms with Crippen LogP contribution in [0.3, 0.4) is 0 Å². The van der Waals surface area contributed by atoms with Crippen LogP contribution in [0.2, 0.25) is 0 Å². The van der Waals surface area contributed by atoms with E-state index in [2.05, 4.69) is 27.9 Å². The van der Waals surface area contributed by atoms with Crippen LogP contribution in [0.5, 0.6) is 0 Å². The Hall–Kier alpha value is -0.780. The third-order valence-corrected chi connectivity index (χ3v) is 3.39. The Kier molecular flexibility index (Phi) is 5.74. The van der Waals surface area contributed by atoms with E-state index in [0.29, 0.717) is 0 Å². The predicted octanol–water partition coefficient (Wildman–Crippen LogP) is 2.96. The Labute approximate surface area is 117 Å². The topological polar surface area (TPSA) is 32.3 Å². The van der Waals surface area contributed by atoms with Crippen molar-refractivity contribution in [1.82, 2.24) is 4.90 Å². The predicted molar refractivity (Wildman–Crippen MR) is 80.2 cm³/mol. The summed E-state index contributed by atoms with van der Waals surface area (Å²) in [5, 5.41) is 3.22. The molecule has 17 heavy (non-hydrogen) atoms. The summed E-state index contributed by atoms with van der Waals surface area (Å²) in [7, 11) is 0. The van der Waals surface area contributed by atoms with E-state index in [0.717, 1.165) is 18.8 Å². The van der Waals surface area contributed by atoms with Crippen molar-refractivity contribution in [2.75, 3.05) is 18.4 Å². The van der Waals surface area contributed by atoms with Gasteiger partial charge in [-0.05, 0) is 67.6 Å². The molecule has 0 bridgehead atoms. The van der Waals surface area contributed by atoms with Crippen LogP contribution in [0.1, 0.15) is 20.8 Å². The van der Waals surface area contributed by atoms with Gasteiger partial charge in [-0.15, -0.1) is 0 Å². The summed E-state index contributed by atoms with van der Waals surface area (Å²) in [5.41, 5.74) is 0.985. The number of anilines is 1. The van der Waals surface area contributed by atoms with Gasteiger partial charge < -0.3 is 10.2 Å². The quantitative estimate of drug-likeness (QED) is 0.832. The molecule has 0 aliphatic rings. The molecule has 1 aromatic carbocycles. The Bertz CT molecular complexity index is 360. The number of carbonyl (C=O) groups excluding carboxylic acids is 1. The van der Waals surface area contributed by atoms with Crippen LogP contribution in [0.15, 0.2) is 24.3 Å². The molecule has 3 nitrogen and oxygen atoms in total. The highest BCUT2D eigenvalue weighted by atomic mass is 127. The molecule has 0 aliphatic carbocycles. The maximum atomic E-state index is 12.0. The molecule has 4 heteroatoms. The van der Waals surface area contributed by atoms with E-state index in [9.17, 15) is 4.79 Å². The summed E-state index contributed by atoms with van der Waals surface area (Å²) < 4.78 is 1.19. The lowest BCUT2D eigenvalue weighted by Gasteiger charge is -2.24. The second-order valence-corrected chi connectivity index (χ2v) is 5.13. The lowest BCUT2D eigenvalue weighted by Crippen LogP contribution is -2.41. The molecule has 94 valence electrons. The number of benzene rings is 1. The number of carbonyl (C=O) groups is 1. The van der Waals surface area contributed by atoms with Crippen LogP contribution in [-0.2, 0) is 4.79 Å². The smallest absolute Gasteiger partial charge is 0.244 e. The molecular formula is C13H19IN2O. The average Bonchev–Trinajstić information content (AvgIpc) is 2.33. The van der Waals surface area contributed by atoms with E-state index in [1.807, 2.05) is 49.9 Å². The molecule has 0 spiro atoms. The standard InChI is InChI=1S/C13H19IN2O/c1-4-16(5-2)13(17)10(3)15-12-8-6-11(14)7-9-12/h6-10,15H,4-5H2,1-3H3. The molecular weight excluding hydrogens is 327 g/mol. The fourth-order valence-electron chi connectivity index (χ4n) is 1.67. The Morgan fingerprint density at radius 2 is 1.82 bits per heavy atom. The summed E-state index contributed by atoms with van der Waals surface area (Å²) in [6.45, 7) is 7.42. The van der Waals surface area contributed by atoms with E-state index in [1.54, 1.807) is 0 Å². The van der Waals surface area contributed by atoms with Crippen molar-refractivity contribution in [3.05, 3.63) is 27.8 Å². The van der Waals surface area contributed by atoms with Gasteiger partial charge in [0.15, 0.2) is 0 Å². The monoisotopic (exact) mass is 346 g/mol. The van der Waals surface area contributed by atoms with E-state index in [4.69, 9.17) is 0 Å². The molecule has 0 aliphatic heterocycles. The van der Waals surface area contributed by atoms with Crippen molar-refractivity contribution < 1.29 is 4.79 Å². The van der Waals surface area contributed by atoms with Gasteiger partial charge in [0.2, 0.25) is 5.91 Å². The third kappa shape index (κ3) is 4.18. The van der Waals surface area contributed by atoms with Gasteiger partial charge in [-0.25, -0.2) is 0 Å². The number of nitrogens with zero attached hydrogens (tertiary/aromatic N) is 1. The summed E-state index contributed by atoms with van der Waals surface area (Å²) in [6.07, 6.45) is 0. The van der Waals surface area contributed by atoms with Gasteiger partial charge in [0.1, 0.15) is 6.04 Å². The van der Waals surface area contributed by atoms with E-state index in [-0.39, 0.29) is 11.9 Å². The molecule has 1 aromatic rings. The van der Waals surface area contributed by atoms with Gasteiger partial charge in [-0.3, -0.25) is 4.79 Å². The van der Waals surface area contributed by atoms with Gasteiger partial charge in [-0.2, -0.15) is 0 Å². The van der Waals surface area contributed by atoms with Crippen LogP contribution < -0.4 is 5.32 Å². The number of likely N-dealkylation sites (N-methyl/N-ethyl adjacent to an activating group) is 1. The highest BCUT2D eigenvalue weighted by Crippen LogP contribution is 2.12. The van der Waals surface area contributed by atoms with Crippen molar-refractivity contribution in [2.45, 2.75) is 26.8 Å². The number of hydrogen-bond donors (Lipinski definition) is 1. The molecule has 1 N–H and O–H groups in total. The van der Waals surface area contributed by atoms with Gasteiger partial charge in [0.25, 0.3) is 0 Å². The van der Waals surface area contributed by atoms with Gasteiger partial charge in [0, 0.05) is 22.3 Å². The average molecular weight is 346 g/mol. The molecule has 0 fully saturated rings. The molecule has 0 heterocycles. The maximum absolute atomic E-state index is 12.0. The van der Waals surface area contributed by atoms with Crippen LogP contribution >= 0.6 is 22.6 Å². The number of amides is 1. The number of halogens is 1.